The number of nitrogens with one attached hydrogen (secondary N) is 1. The van der Waals surface area contributed by atoms with Crippen LogP contribution in [0.3, 0.4) is 0 Å². The standard InChI is InChI=1S/C18H19NOS/c20-17-11-12-21-13-16(17)18(14-7-3-1-4-8-14)19-15-9-5-2-6-10-15/h1-10,16,18-19H,11-13H2/t16-,18+/m0/s1. The average Bonchev–Trinajstić information content (AvgIpc) is 2.55. The summed E-state index contributed by atoms with van der Waals surface area (Å²) in [4.78, 5) is 12.3. The van der Waals surface area contributed by atoms with Crippen molar-refractivity contribution in [1.82, 2.24) is 0 Å². The quantitative estimate of drug-likeness (QED) is 0.918. The van der Waals surface area contributed by atoms with Crippen LogP contribution < -0.4 is 5.32 Å². The first-order valence-corrected chi connectivity index (χ1v) is 8.47. The summed E-state index contributed by atoms with van der Waals surface area (Å²) in [6, 6.07) is 20.5. The van der Waals surface area contributed by atoms with Gasteiger partial charge in [0, 0.05) is 23.6 Å². The molecule has 0 radical (unpaired) electrons. The summed E-state index contributed by atoms with van der Waals surface area (Å²) in [6.07, 6.45) is 0.690. The first-order valence-electron chi connectivity index (χ1n) is 7.31. The monoisotopic (exact) mass is 297 g/mol. The number of benzene rings is 2. The summed E-state index contributed by atoms with van der Waals surface area (Å²) in [5.41, 5.74) is 2.25. The minimum atomic E-state index is 0.0476. The van der Waals surface area contributed by atoms with Crippen LogP contribution in [0.2, 0.25) is 0 Å². The average molecular weight is 297 g/mol. The molecule has 2 atom stereocenters. The molecule has 3 rings (SSSR count). The maximum Gasteiger partial charge on any atom is 0.140 e. The van der Waals surface area contributed by atoms with E-state index in [-0.39, 0.29) is 12.0 Å². The van der Waals surface area contributed by atoms with Crippen molar-refractivity contribution >= 4 is 23.2 Å². The van der Waals surface area contributed by atoms with Gasteiger partial charge in [0.05, 0.1) is 12.0 Å². The van der Waals surface area contributed by atoms with Gasteiger partial charge in [-0.25, -0.2) is 0 Å². The molecular weight excluding hydrogens is 278 g/mol. The van der Waals surface area contributed by atoms with Gasteiger partial charge in [0.1, 0.15) is 5.78 Å². The number of anilines is 1. The van der Waals surface area contributed by atoms with Gasteiger partial charge in [0.25, 0.3) is 0 Å². The molecule has 108 valence electrons. The second kappa shape index (κ2) is 6.81. The van der Waals surface area contributed by atoms with Crippen molar-refractivity contribution in [1.29, 1.82) is 0 Å². The first-order chi connectivity index (χ1) is 10.3. The molecule has 21 heavy (non-hydrogen) atoms. The molecule has 2 aromatic rings. The zero-order chi connectivity index (χ0) is 14.5. The second-order valence-corrected chi connectivity index (χ2v) is 6.45. The van der Waals surface area contributed by atoms with Crippen LogP contribution in [0.1, 0.15) is 18.0 Å². The van der Waals surface area contributed by atoms with E-state index >= 15 is 0 Å². The zero-order valence-corrected chi connectivity index (χ0v) is 12.7. The van der Waals surface area contributed by atoms with Crippen molar-refractivity contribution in [2.45, 2.75) is 12.5 Å². The Bertz CT molecular complexity index is 585. The van der Waals surface area contributed by atoms with E-state index in [1.807, 2.05) is 48.2 Å². The van der Waals surface area contributed by atoms with Crippen molar-refractivity contribution in [3.63, 3.8) is 0 Å². The van der Waals surface area contributed by atoms with Crippen LogP contribution in [-0.2, 0) is 4.79 Å². The van der Waals surface area contributed by atoms with Crippen molar-refractivity contribution < 1.29 is 4.79 Å². The van der Waals surface area contributed by atoms with Crippen LogP contribution in [0.4, 0.5) is 5.69 Å². The topological polar surface area (TPSA) is 29.1 Å². The van der Waals surface area contributed by atoms with Gasteiger partial charge in [0.2, 0.25) is 0 Å². The van der Waals surface area contributed by atoms with E-state index in [1.165, 1.54) is 5.56 Å². The molecule has 0 aliphatic carbocycles. The van der Waals surface area contributed by atoms with Crippen molar-refractivity contribution in [3.05, 3.63) is 66.2 Å². The largest absolute Gasteiger partial charge is 0.377 e. The van der Waals surface area contributed by atoms with Gasteiger partial charge >= 0.3 is 0 Å². The van der Waals surface area contributed by atoms with E-state index in [9.17, 15) is 4.79 Å². The third-order valence-electron chi connectivity index (χ3n) is 3.86. The second-order valence-electron chi connectivity index (χ2n) is 5.30. The van der Waals surface area contributed by atoms with E-state index < -0.39 is 0 Å². The molecule has 0 amide bonds. The Balaban J connectivity index is 1.89. The zero-order valence-electron chi connectivity index (χ0n) is 11.9. The molecule has 0 spiro atoms. The Kier molecular flexibility index (Phi) is 4.61. The lowest BCUT2D eigenvalue weighted by molar-refractivity contribution is -0.122. The Morgan fingerprint density at radius 2 is 1.67 bits per heavy atom. The van der Waals surface area contributed by atoms with Gasteiger partial charge in [-0.05, 0) is 17.7 Å². The number of rotatable bonds is 4. The molecule has 0 saturated carbocycles. The van der Waals surface area contributed by atoms with Gasteiger partial charge in [-0.2, -0.15) is 11.8 Å². The van der Waals surface area contributed by atoms with Crippen LogP contribution >= 0.6 is 11.8 Å². The summed E-state index contributed by atoms with van der Waals surface area (Å²) >= 11 is 1.88. The fourth-order valence-corrected chi connectivity index (χ4v) is 3.88. The van der Waals surface area contributed by atoms with Crippen molar-refractivity contribution in [3.8, 4) is 0 Å². The highest BCUT2D eigenvalue weighted by Crippen LogP contribution is 2.33. The highest BCUT2D eigenvalue weighted by Gasteiger charge is 2.31. The van der Waals surface area contributed by atoms with Crippen molar-refractivity contribution in [2.75, 3.05) is 16.8 Å². The lowest BCUT2D eigenvalue weighted by Gasteiger charge is -2.30. The molecule has 0 unspecified atom stereocenters. The predicted octanol–water partition coefficient (Wildman–Crippen LogP) is 4.16. The number of para-hydroxylation sites is 1. The molecule has 1 heterocycles. The maximum absolute atomic E-state index is 12.3. The molecule has 1 N–H and O–H groups in total. The normalized spacial score (nSPS) is 20.0. The number of thioether (sulfide) groups is 1. The van der Waals surface area contributed by atoms with Crippen molar-refractivity contribution in [2.24, 2.45) is 5.92 Å². The van der Waals surface area contributed by atoms with Crippen LogP contribution in [0.25, 0.3) is 0 Å². The van der Waals surface area contributed by atoms with Gasteiger partial charge in [-0.15, -0.1) is 0 Å². The number of carbonyl (C=O) groups excluding carboxylic acids is 1. The number of hydrogen-bond acceptors (Lipinski definition) is 3. The molecule has 1 saturated heterocycles. The summed E-state index contributed by atoms with van der Waals surface area (Å²) in [7, 11) is 0. The Hall–Kier alpha value is -1.74. The molecule has 0 bridgehead atoms. The predicted molar refractivity (Wildman–Crippen MR) is 89.7 cm³/mol. The highest BCUT2D eigenvalue weighted by molar-refractivity contribution is 7.99. The molecule has 3 heteroatoms. The van der Waals surface area contributed by atoms with E-state index in [0.29, 0.717) is 12.2 Å². The van der Waals surface area contributed by atoms with Gasteiger partial charge in [-0.1, -0.05) is 48.5 Å². The molecule has 0 aromatic heterocycles. The van der Waals surface area contributed by atoms with Crippen LogP contribution in [0, 0.1) is 5.92 Å². The first kappa shape index (κ1) is 14.2. The highest BCUT2D eigenvalue weighted by atomic mass is 32.2. The van der Waals surface area contributed by atoms with E-state index in [1.54, 1.807) is 0 Å². The molecule has 2 nitrogen and oxygen atoms in total. The molecule has 1 aliphatic rings. The molecule has 2 aromatic carbocycles. The van der Waals surface area contributed by atoms with E-state index in [0.717, 1.165) is 17.2 Å². The summed E-state index contributed by atoms with van der Waals surface area (Å²) < 4.78 is 0. The van der Waals surface area contributed by atoms with Crippen LogP contribution in [-0.4, -0.2) is 17.3 Å². The Labute approximate surface area is 130 Å². The van der Waals surface area contributed by atoms with Crippen LogP contribution in [0.5, 0.6) is 0 Å². The van der Waals surface area contributed by atoms with E-state index in [4.69, 9.17) is 0 Å². The SMILES string of the molecule is O=C1CCSC[C@@H]1[C@H](Nc1ccccc1)c1ccccc1. The number of hydrogen-bond donors (Lipinski definition) is 1. The van der Waals surface area contributed by atoms with E-state index in [2.05, 4.69) is 29.6 Å². The third kappa shape index (κ3) is 3.48. The number of Topliss-reactive ketones (excluding diaryl/α,β-unsaturated/α-hetero) is 1. The molecular formula is C18H19NOS. The summed E-state index contributed by atoms with van der Waals surface area (Å²) in [5, 5.41) is 3.56. The number of carbonyl (C=O) groups is 1. The Morgan fingerprint density at radius 1 is 1.00 bits per heavy atom. The van der Waals surface area contributed by atoms with Crippen LogP contribution in [0.15, 0.2) is 60.7 Å². The summed E-state index contributed by atoms with van der Waals surface area (Å²) in [5.74, 6) is 2.29. The van der Waals surface area contributed by atoms with Gasteiger partial charge < -0.3 is 5.32 Å². The number of ketones is 1. The van der Waals surface area contributed by atoms with Gasteiger partial charge in [0.15, 0.2) is 0 Å². The summed E-state index contributed by atoms with van der Waals surface area (Å²) in [6.45, 7) is 0. The third-order valence-corrected chi connectivity index (χ3v) is 4.95. The lowest BCUT2D eigenvalue weighted by atomic mass is 9.89. The lowest BCUT2D eigenvalue weighted by Crippen LogP contribution is -2.32. The molecule has 1 aliphatic heterocycles. The minimum Gasteiger partial charge on any atom is -0.377 e. The van der Waals surface area contributed by atoms with Gasteiger partial charge in [-0.3, -0.25) is 4.79 Å². The maximum atomic E-state index is 12.3. The fourth-order valence-electron chi connectivity index (χ4n) is 2.73. The smallest absolute Gasteiger partial charge is 0.140 e. The Morgan fingerprint density at radius 3 is 2.33 bits per heavy atom. The fraction of sp³-hybridized carbons (Fsp3) is 0.278. The molecule has 1 fully saturated rings. The minimum absolute atomic E-state index is 0.0476.